The number of hydrogen-bond donors (Lipinski definition) is 1. The van der Waals surface area contributed by atoms with Gasteiger partial charge < -0.3 is 9.88 Å². The van der Waals surface area contributed by atoms with E-state index in [-0.39, 0.29) is 0 Å². The van der Waals surface area contributed by atoms with Crippen LogP contribution in [0.5, 0.6) is 0 Å². The SMILES string of the molecule is Cc1cc(CNC2CCS(=O)(=O)CC2)c(C)n1C. The first kappa shape index (κ1) is 13.6. The van der Waals surface area contributed by atoms with Crippen LogP contribution in [0.25, 0.3) is 0 Å². The Bertz CT molecular complexity index is 517. The van der Waals surface area contributed by atoms with E-state index in [1.165, 1.54) is 17.0 Å². The van der Waals surface area contributed by atoms with Gasteiger partial charge in [-0.1, -0.05) is 0 Å². The van der Waals surface area contributed by atoms with Gasteiger partial charge in [-0.05, 0) is 38.3 Å². The minimum Gasteiger partial charge on any atom is -0.352 e. The van der Waals surface area contributed by atoms with Gasteiger partial charge in [-0.15, -0.1) is 0 Å². The first-order valence-corrected chi connectivity index (χ1v) is 8.27. The second kappa shape index (κ2) is 5.05. The van der Waals surface area contributed by atoms with E-state index in [1.807, 2.05) is 0 Å². The topological polar surface area (TPSA) is 51.1 Å². The zero-order chi connectivity index (χ0) is 13.3. The first-order chi connectivity index (χ1) is 8.39. The molecular weight excluding hydrogens is 248 g/mol. The van der Waals surface area contributed by atoms with Crippen LogP contribution in [0.1, 0.15) is 29.8 Å². The Morgan fingerprint density at radius 2 is 1.94 bits per heavy atom. The normalized spacial score (nSPS) is 20.2. The van der Waals surface area contributed by atoms with E-state index in [1.54, 1.807) is 0 Å². The van der Waals surface area contributed by atoms with Crippen LogP contribution < -0.4 is 5.32 Å². The van der Waals surface area contributed by atoms with E-state index in [0.717, 1.165) is 19.4 Å². The van der Waals surface area contributed by atoms with E-state index in [2.05, 4.69) is 36.8 Å². The lowest BCUT2D eigenvalue weighted by Gasteiger charge is -2.23. The lowest BCUT2D eigenvalue weighted by molar-refractivity contribution is 0.462. The number of rotatable bonds is 3. The van der Waals surface area contributed by atoms with Crippen molar-refractivity contribution in [2.45, 2.75) is 39.3 Å². The average molecular weight is 270 g/mol. The van der Waals surface area contributed by atoms with Crippen LogP contribution in [-0.2, 0) is 23.4 Å². The molecule has 0 unspecified atom stereocenters. The Kier molecular flexibility index (Phi) is 3.82. The second-order valence-corrected chi connectivity index (χ2v) is 7.57. The summed E-state index contributed by atoms with van der Waals surface area (Å²) < 4.78 is 24.9. The van der Waals surface area contributed by atoms with Crippen molar-refractivity contribution in [1.82, 2.24) is 9.88 Å². The first-order valence-electron chi connectivity index (χ1n) is 6.44. The summed E-state index contributed by atoms with van der Waals surface area (Å²) in [5, 5.41) is 3.48. The summed E-state index contributed by atoms with van der Waals surface area (Å²) in [5.41, 5.74) is 3.85. The predicted molar refractivity (Wildman–Crippen MR) is 73.4 cm³/mol. The van der Waals surface area contributed by atoms with Gasteiger partial charge >= 0.3 is 0 Å². The van der Waals surface area contributed by atoms with Crippen LogP contribution in [0.4, 0.5) is 0 Å². The van der Waals surface area contributed by atoms with Crippen LogP contribution in [0.15, 0.2) is 6.07 Å². The Labute approximate surface area is 109 Å². The van der Waals surface area contributed by atoms with Gasteiger partial charge in [-0.25, -0.2) is 8.42 Å². The van der Waals surface area contributed by atoms with Crippen LogP contribution in [-0.4, -0.2) is 30.5 Å². The number of aryl methyl sites for hydroxylation is 1. The molecule has 2 heterocycles. The largest absolute Gasteiger partial charge is 0.352 e. The van der Waals surface area contributed by atoms with Gasteiger partial charge in [0.25, 0.3) is 0 Å². The molecule has 0 atom stereocenters. The highest BCUT2D eigenvalue weighted by atomic mass is 32.2. The standard InChI is InChI=1S/C13H22N2O2S/c1-10-8-12(11(2)15(10)3)9-14-13-4-6-18(16,17)7-5-13/h8,13-14H,4-7,9H2,1-3H3. The summed E-state index contributed by atoms with van der Waals surface area (Å²) in [4.78, 5) is 0. The van der Waals surface area contributed by atoms with E-state index in [0.29, 0.717) is 17.5 Å². The van der Waals surface area contributed by atoms with Gasteiger partial charge in [0.2, 0.25) is 0 Å². The van der Waals surface area contributed by atoms with E-state index >= 15 is 0 Å². The quantitative estimate of drug-likeness (QED) is 0.901. The van der Waals surface area contributed by atoms with Crippen molar-refractivity contribution in [2.24, 2.45) is 7.05 Å². The van der Waals surface area contributed by atoms with Crippen molar-refractivity contribution in [3.63, 3.8) is 0 Å². The van der Waals surface area contributed by atoms with Gasteiger partial charge in [-0.2, -0.15) is 0 Å². The molecule has 1 aromatic rings. The zero-order valence-electron chi connectivity index (χ0n) is 11.4. The van der Waals surface area contributed by atoms with Crippen LogP contribution in [0, 0.1) is 13.8 Å². The summed E-state index contributed by atoms with van der Waals surface area (Å²) in [6, 6.07) is 2.54. The predicted octanol–water partition coefficient (Wildman–Crippen LogP) is 1.31. The molecule has 0 spiro atoms. The van der Waals surface area contributed by atoms with Crippen molar-refractivity contribution < 1.29 is 8.42 Å². The van der Waals surface area contributed by atoms with Crippen molar-refractivity contribution >= 4 is 9.84 Å². The molecule has 18 heavy (non-hydrogen) atoms. The molecule has 0 saturated carbocycles. The van der Waals surface area contributed by atoms with Gasteiger partial charge in [-0.3, -0.25) is 0 Å². The molecule has 0 aliphatic carbocycles. The summed E-state index contributed by atoms with van der Waals surface area (Å²) in [5.74, 6) is 0.662. The van der Waals surface area contributed by atoms with Gasteiger partial charge in [0.15, 0.2) is 0 Å². The molecule has 102 valence electrons. The molecule has 1 aromatic heterocycles. The maximum absolute atomic E-state index is 11.3. The van der Waals surface area contributed by atoms with Gasteiger partial charge in [0.05, 0.1) is 11.5 Å². The molecule has 0 aromatic carbocycles. The van der Waals surface area contributed by atoms with Crippen LogP contribution >= 0.6 is 0 Å². The van der Waals surface area contributed by atoms with Crippen molar-refractivity contribution in [3.8, 4) is 0 Å². The third-order valence-electron chi connectivity index (χ3n) is 4.02. The van der Waals surface area contributed by atoms with Crippen LogP contribution in [0.3, 0.4) is 0 Å². The van der Waals surface area contributed by atoms with E-state index in [4.69, 9.17) is 0 Å². The summed E-state index contributed by atoms with van der Waals surface area (Å²) in [6.07, 6.45) is 1.49. The minimum absolute atomic E-state index is 0.331. The maximum Gasteiger partial charge on any atom is 0.150 e. The van der Waals surface area contributed by atoms with Crippen molar-refractivity contribution in [2.75, 3.05) is 11.5 Å². The summed E-state index contributed by atoms with van der Waals surface area (Å²) >= 11 is 0. The molecule has 1 aliphatic rings. The minimum atomic E-state index is -2.75. The highest BCUT2D eigenvalue weighted by molar-refractivity contribution is 7.91. The fourth-order valence-electron chi connectivity index (χ4n) is 2.46. The Morgan fingerprint density at radius 3 is 2.44 bits per heavy atom. The lowest BCUT2D eigenvalue weighted by atomic mass is 10.1. The second-order valence-electron chi connectivity index (χ2n) is 5.26. The van der Waals surface area contributed by atoms with Crippen molar-refractivity contribution in [3.05, 3.63) is 23.0 Å². The van der Waals surface area contributed by atoms with Gasteiger partial charge in [0.1, 0.15) is 9.84 Å². The van der Waals surface area contributed by atoms with Gasteiger partial charge in [0, 0.05) is 31.0 Å². The molecule has 0 amide bonds. The number of aromatic nitrogens is 1. The monoisotopic (exact) mass is 270 g/mol. The number of nitrogens with one attached hydrogen (secondary N) is 1. The fourth-order valence-corrected chi connectivity index (χ4v) is 3.95. The van der Waals surface area contributed by atoms with Crippen molar-refractivity contribution in [1.29, 1.82) is 0 Å². The lowest BCUT2D eigenvalue weighted by Crippen LogP contribution is -2.37. The van der Waals surface area contributed by atoms with E-state index < -0.39 is 9.84 Å². The molecule has 1 saturated heterocycles. The molecule has 1 aliphatic heterocycles. The average Bonchev–Trinajstić information content (AvgIpc) is 2.56. The van der Waals surface area contributed by atoms with E-state index in [9.17, 15) is 8.42 Å². The zero-order valence-corrected chi connectivity index (χ0v) is 12.2. The maximum atomic E-state index is 11.3. The summed E-state index contributed by atoms with van der Waals surface area (Å²) in [7, 11) is -0.683. The Morgan fingerprint density at radius 1 is 1.33 bits per heavy atom. The Balaban J connectivity index is 1.91. The molecule has 1 N–H and O–H groups in total. The molecule has 0 radical (unpaired) electrons. The van der Waals surface area contributed by atoms with Crippen LogP contribution in [0.2, 0.25) is 0 Å². The smallest absolute Gasteiger partial charge is 0.150 e. The fraction of sp³-hybridized carbons (Fsp3) is 0.692. The highest BCUT2D eigenvalue weighted by Crippen LogP contribution is 2.16. The molecule has 4 nitrogen and oxygen atoms in total. The molecule has 2 rings (SSSR count). The number of sulfone groups is 1. The third kappa shape index (κ3) is 2.95. The summed E-state index contributed by atoms with van der Waals surface area (Å²) in [6.45, 7) is 5.05. The number of hydrogen-bond acceptors (Lipinski definition) is 3. The molecular formula is C13H22N2O2S. The Hall–Kier alpha value is -0.810. The molecule has 1 fully saturated rings. The highest BCUT2D eigenvalue weighted by Gasteiger charge is 2.23. The third-order valence-corrected chi connectivity index (χ3v) is 5.73. The molecule has 5 heteroatoms. The number of nitrogens with zero attached hydrogens (tertiary/aromatic N) is 1. The molecule has 0 bridgehead atoms.